The van der Waals surface area contributed by atoms with Crippen LogP contribution in [0.2, 0.25) is 0 Å². The maximum atomic E-state index is 13.7. The fourth-order valence-corrected chi connectivity index (χ4v) is 4.54. The molecule has 0 bridgehead atoms. The van der Waals surface area contributed by atoms with Crippen molar-refractivity contribution >= 4 is 28.2 Å². The van der Waals surface area contributed by atoms with Crippen molar-refractivity contribution in [3.8, 4) is 22.4 Å². The molecule has 2 aromatic carbocycles. The van der Waals surface area contributed by atoms with E-state index in [0.29, 0.717) is 35.0 Å². The molecule has 0 radical (unpaired) electrons. The molecule has 0 amide bonds. The number of pyridine rings is 1. The molecule has 0 aliphatic heterocycles. The number of aryl methyl sites for hydroxylation is 1. The van der Waals surface area contributed by atoms with Crippen molar-refractivity contribution in [3.05, 3.63) is 75.7 Å². The molecule has 0 unspecified atom stereocenters. The van der Waals surface area contributed by atoms with Crippen LogP contribution in [0.15, 0.2) is 53.2 Å². The second kappa shape index (κ2) is 7.41. The standard InChI is InChI=1S/C22H14FNO2S.Na/c23-15-3-6-19-18(10-15)20(22(25)26)17-5-2-13-9-12(14-7-8-27-11-14)1-4-16(13)21(17)24-19;/h1,3-4,6-11H,2,5H2,(H,25,26);/q;+1/p-1. The number of carbonyl (C=O) groups is 1. The zero-order valence-electron chi connectivity index (χ0n) is 15.2. The second-order valence-corrected chi connectivity index (χ2v) is 7.43. The molecule has 3 nitrogen and oxygen atoms in total. The Hall–Kier alpha value is -2.05. The summed E-state index contributed by atoms with van der Waals surface area (Å²) in [6, 6.07) is 12.3. The Kier molecular flexibility index (Phi) is 5.10. The van der Waals surface area contributed by atoms with Crippen molar-refractivity contribution < 1.29 is 43.8 Å². The largest absolute Gasteiger partial charge is 1.00 e. The number of aromatic nitrogens is 1. The molecule has 0 fully saturated rings. The number of halogens is 1. The summed E-state index contributed by atoms with van der Waals surface area (Å²) in [5, 5.41) is 16.3. The molecule has 4 aromatic rings. The maximum absolute atomic E-state index is 13.7. The van der Waals surface area contributed by atoms with Crippen LogP contribution < -0.4 is 34.7 Å². The van der Waals surface area contributed by atoms with Crippen molar-refractivity contribution in [1.82, 2.24) is 4.98 Å². The van der Waals surface area contributed by atoms with Crippen LogP contribution in [0.5, 0.6) is 0 Å². The van der Waals surface area contributed by atoms with Crippen LogP contribution in [-0.4, -0.2) is 11.0 Å². The number of hydrogen-bond donors (Lipinski definition) is 0. The van der Waals surface area contributed by atoms with Gasteiger partial charge >= 0.3 is 29.6 Å². The van der Waals surface area contributed by atoms with E-state index in [2.05, 4.69) is 22.5 Å². The van der Waals surface area contributed by atoms with E-state index in [-0.39, 0.29) is 35.1 Å². The molecular formula is C22H13FNNaO2S. The number of thiophene rings is 1. The summed E-state index contributed by atoms with van der Waals surface area (Å²) < 4.78 is 13.7. The van der Waals surface area contributed by atoms with Gasteiger partial charge in [-0.15, -0.1) is 0 Å². The van der Waals surface area contributed by atoms with Gasteiger partial charge in [0.05, 0.1) is 17.2 Å². The molecule has 0 atom stereocenters. The van der Waals surface area contributed by atoms with Crippen LogP contribution in [0, 0.1) is 5.82 Å². The average Bonchev–Trinajstić information content (AvgIpc) is 3.20. The molecule has 2 aromatic heterocycles. The summed E-state index contributed by atoms with van der Waals surface area (Å²) in [6.07, 6.45) is 1.25. The number of rotatable bonds is 2. The van der Waals surface area contributed by atoms with E-state index in [0.717, 1.165) is 16.7 Å². The fourth-order valence-electron chi connectivity index (χ4n) is 3.87. The Balaban J connectivity index is 0.00000192. The first-order valence-electron chi connectivity index (χ1n) is 8.61. The molecule has 1 aliphatic carbocycles. The van der Waals surface area contributed by atoms with Crippen molar-refractivity contribution in [1.29, 1.82) is 0 Å². The van der Waals surface area contributed by atoms with E-state index < -0.39 is 11.8 Å². The third kappa shape index (κ3) is 3.08. The van der Waals surface area contributed by atoms with Gasteiger partial charge in [0.25, 0.3) is 0 Å². The van der Waals surface area contributed by atoms with Gasteiger partial charge in [0, 0.05) is 16.5 Å². The minimum Gasteiger partial charge on any atom is -0.545 e. The van der Waals surface area contributed by atoms with Gasteiger partial charge < -0.3 is 9.90 Å². The molecular weight excluding hydrogens is 384 g/mol. The Labute approximate surface area is 187 Å². The van der Waals surface area contributed by atoms with Crippen LogP contribution in [0.3, 0.4) is 0 Å². The van der Waals surface area contributed by atoms with Crippen LogP contribution in [0.4, 0.5) is 4.39 Å². The molecule has 6 heteroatoms. The molecule has 0 spiro atoms. The van der Waals surface area contributed by atoms with Crippen molar-refractivity contribution in [2.45, 2.75) is 12.8 Å². The Morgan fingerprint density at radius 3 is 2.68 bits per heavy atom. The Bertz CT molecular complexity index is 1220. The van der Waals surface area contributed by atoms with Gasteiger partial charge in [-0.05, 0) is 70.1 Å². The predicted molar refractivity (Wildman–Crippen MR) is 102 cm³/mol. The van der Waals surface area contributed by atoms with E-state index in [9.17, 15) is 14.3 Å². The number of carbonyl (C=O) groups excluding carboxylic acids is 1. The molecule has 0 saturated heterocycles. The van der Waals surface area contributed by atoms with Crippen LogP contribution >= 0.6 is 11.3 Å². The van der Waals surface area contributed by atoms with Crippen LogP contribution in [0.25, 0.3) is 33.3 Å². The summed E-state index contributed by atoms with van der Waals surface area (Å²) in [5.74, 6) is -1.77. The van der Waals surface area contributed by atoms with Gasteiger partial charge in [-0.3, -0.25) is 0 Å². The van der Waals surface area contributed by atoms with Crippen molar-refractivity contribution in [2.75, 3.05) is 0 Å². The van der Waals surface area contributed by atoms with E-state index in [4.69, 9.17) is 0 Å². The number of hydrogen-bond acceptors (Lipinski definition) is 4. The van der Waals surface area contributed by atoms with Gasteiger partial charge in [0.15, 0.2) is 0 Å². The first-order valence-corrected chi connectivity index (χ1v) is 9.55. The minimum atomic E-state index is -1.29. The number of nitrogens with zero attached hydrogens (tertiary/aromatic N) is 1. The predicted octanol–water partition coefficient (Wildman–Crippen LogP) is 1.24. The molecule has 0 saturated carbocycles. The third-order valence-electron chi connectivity index (χ3n) is 5.11. The summed E-state index contributed by atoms with van der Waals surface area (Å²) in [5.41, 5.74) is 6.20. The number of carboxylic acids is 1. The minimum absolute atomic E-state index is 0. The van der Waals surface area contributed by atoms with Gasteiger partial charge in [0.2, 0.25) is 0 Å². The van der Waals surface area contributed by atoms with E-state index in [1.165, 1.54) is 23.8 Å². The summed E-state index contributed by atoms with van der Waals surface area (Å²) in [4.78, 5) is 16.5. The van der Waals surface area contributed by atoms with E-state index in [1.54, 1.807) is 11.3 Å². The first kappa shape index (κ1) is 19.3. The molecule has 2 heterocycles. The van der Waals surface area contributed by atoms with Gasteiger partial charge in [-0.2, -0.15) is 11.3 Å². The van der Waals surface area contributed by atoms with E-state index in [1.807, 2.05) is 17.5 Å². The maximum Gasteiger partial charge on any atom is 1.00 e. The smallest absolute Gasteiger partial charge is 0.545 e. The summed E-state index contributed by atoms with van der Waals surface area (Å²) in [6.45, 7) is 0. The summed E-state index contributed by atoms with van der Waals surface area (Å²) >= 11 is 1.65. The molecule has 0 N–H and O–H groups in total. The van der Waals surface area contributed by atoms with Gasteiger partial charge in [-0.1, -0.05) is 18.2 Å². The van der Waals surface area contributed by atoms with Gasteiger partial charge in [0.1, 0.15) is 5.82 Å². The van der Waals surface area contributed by atoms with E-state index >= 15 is 0 Å². The monoisotopic (exact) mass is 397 g/mol. The zero-order valence-corrected chi connectivity index (χ0v) is 18.0. The fraction of sp³-hybridized carbons (Fsp3) is 0.0909. The zero-order chi connectivity index (χ0) is 18.5. The first-order chi connectivity index (χ1) is 13.1. The van der Waals surface area contributed by atoms with Crippen molar-refractivity contribution in [3.63, 3.8) is 0 Å². The SMILES string of the molecule is O=C([O-])c1c2c(nc3ccc(F)cc13)-c1ccc(-c3ccsc3)cc1CC2.[Na+]. The number of benzene rings is 2. The molecule has 28 heavy (non-hydrogen) atoms. The Morgan fingerprint density at radius 2 is 1.93 bits per heavy atom. The van der Waals surface area contributed by atoms with Crippen LogP contribution in [0.1, 0.15) is 21.5 Å². The van der Waals surface area contributed by atoms with Gasteiger partial charge in [-0.25, -0.2) is 9.37 Å². The number of aromatic carboxylic acids is 1. The topological polar surface area (TPSA) is 53.0 Å². The third-order valence-corrected chi connectivity index (χ3v) is 5.79. The number of carboxylic acid groups (broad SMARTS) is 1. The van der Waals surface area contributed by atoms with Crippen LogP contribution in [-0.2, 0) is 12.8 Å². The molecule has 5 rings (SSSR count). The second-order valence-electron chi connectivity index (χ2n) is 6.65. The molecule has 1 aliphatic rings. The van der Waals surface area contributed by atoms with Crippen molar-refractivity contribution in [2.24, 2.45) is 0 Å². The normalized spacial score (nSPS) is 12.2. The summed E-state index contributed by atoms with van der Waals surface area (Å²) in [7, 11) is 0. The molecule has 132 valence electrons. The number of fused-ring (bicyclic) bond motifs is 4. The quantitative estimate of drug-likeness (QED) is 0.478. The Morgan fingerprint density at radius 1 is 1.07 bits per heavy atom. The average molecular weight is 397 g/mol.